The lowest BCUT2D eigenvalue weighted by molar-refractivity contribution is 0.0984. The lowest BCUT2D eigenvalue weighted by atomic mass is 10.2. The molecule has 0 spiro atoms. The van der Waals surface area contributed by atoms with Gasteiger partial charge in [0.2, 0.25) is 0 Å². The molecule has 0 aromatic heterocycles. The van der Waals surface area contributed by atoms with Crippen molar-refractivity contribution in [3.63, 3.8) is 0 Å². The molecule has 0 aliphatic carbocycles. The van der Waals surface area contributed by atoms with Gasteiger partial charge in [-0.25, -0.2) is 8.78 Å². The Hall–Kier alpha value is -1.88. The van der Waals surface area contributed by atoms with Crippen LogP contribution in [0.5, 0.6) is 0 Å². The summed E-state index contributed by atoms with van der Waals surface area (Å²) in [5, 5.41) is 0. The lowest BCUT2D eigenvalue weighted by Crippen LogP contribution is -2.15. The molecule has 2 aromatic carbocycles. The molecule has 0 bridgehead atoms. The molecule has 2 nitrogen and oxygen atoms in total. The molecule has 0 unspecified atom stereocenters. The molecule has 5 heteroatoms. The van der Waals surface area contributed by atoms with Gasteiger partial charge in [-0.3, -0.25) is 9.52 Å². The molecule has 2 rings (SSSR count). The van der Waals surface area contributed by atoms with Crippen LogP contribution >= 0.6 is 11.9 Å². The summed E-state index contributed by atoms with van der Waals surface area (Å²) in [6.07, 6.45) is 0. The van der Waals surface area contributed by atoms with Crippen molar-refractivity contribution in [1.82, 2.24) is 4.72 Å². The average Bonchev–Trinajstić information content (AvgIpc) is 2.38. The third-order valence-corrected chi connectivity index (χ3v) is 3.02. The summed E-state index contributed by atoms with van der Waals surface area (Å²) in [6.45, 7) is 0. The highest BCUT2D eigenvalue weighted by molar-refractivity contribution is 7.98. The minimum Gasteiger partial charge on any atom is -0.292 e. The number of nitrogens with one attached hydrogen (secondary N) is 1. The van der Waals surface area contributed by atoms with E-state index in [-0.39, 0.29) is 10.8 Å². The fourth-order valence-electron chi connectivity index (χ4n) is 1.31. The van der Waals surface area contributed by atoms with Crippen LogP contribution in [0.25, 0.3) is 0 Å². The predicted octanol–water partition coefficient (Wildman–Crippen LogP) is 3.40. The van der Waals surface area contributed by atoms with E-state index >= 15 is 0 Å². The number of benzene rings is 2. The van der Waals surface area contributed by atoms with Crippen LogP contribution < -0.4 is 4.72 Å². The van der Waals surface area contributed by atoms with E-state index in [9.17, 15) is 13.6 Å². The first-order valence-electron chi connectivity index (χ1n) is 5.14. The number of carbonyl (C=O) groups is 1. The first-order valence-corrected chi connectivity index (χ1v) is 5.96. The van der Waals surface area contributed by atoms with Gasteiger partial charge in [0, 0.05) is 11.6 Å². The molecule has 0 saturated heterocycles. The Bertz CT molecular complexity index is 560. The molecule has 0 heterocycles. The Labute approximate surface area is 107 Å². The number of halogens is 2. The average molecular weight is 265 g/mol. The molecule has 0 radical (unpaired) electrons. The second-order valence-corrected chi connectivity index (χ2v) is 4.32. The van der Waals surface area contributed by atoms with Gasteiger partial charge in [-0.1, -0.05) is 18.2 Å². The van der Waals surface area contributed by atoms with Gasteiger partial charge in [-0.05, 0) is 36.2 Å². The Balaban J connectivity index is 2.02. The fraction of sp³-hybridized carbons (Fsp3) is 0. The standard InChI is InChI=1S/C13H9F2NOS/c14-10-6-7-12(11(15)8-10)18-16-13(17)9-4-2-1-3-5-9/h1-8H,(H,16,17). The Morgan fingerprint density at radius 2 is 1.78 bits per heavy atom. The third-order valence-electron chi connectivity index (χ3n) is 2.18. The van der Waals surface area contributed by atoms with Crippen molar-refractivity contribution in [1.29, 1.82) is 0 Å². The van der Waals surface area contributed by atoms with Crippen molar-refractivity contribution in [3.8, 4) is 0 Å². The van der Waals surface area contributed by atoms with Crippen molar-refractivity contribution in [2.24, 2.45) is 0 Å². The van der Waals surface area contributed by atoms with Crippen molar-refractivity contribution < 1.29 is 13.6 Å². The molecule has 1 N–H and O–H groups in total. The van der Waals surface area contributed by atoms with Crippen LogP contribution in [-0.2, 0) is 0 Å². The zero-order chi connectivity index (χ0) is 13.0. The van der Waals surface area contributed by atoms with E-state index in [0.29, 0.717) is 5.56 Å². The van der Waals surface area contributed by atoms with E-state index in [1.165, 1.54) is 6.07 Å². The molecule has 0 atom stereocenters. The fourth-order valence-corrected chi connectivity index (χ4v) is 1.92. The van der Waals surface area contributed by atoms with Crippen LogP contribution in [0, 0.1) is 11.6 Å². The summed E-state index contributed by atoms with van der Waals surface area (Å²) in [5.41, 5.74) is 0.479. The number of rotatable bonds is 3. The summed E-state index contributed by atoms with van der Waals surface area (Å²) in [5.74, 6) is -1.68. The largest absolute Gasteiger partial charge is 0.292 e. The molecular weight excluding hydrogens is 256 g/mol. The van der Waals surface area contributed by atoms with Crippen LogP contribution in [0.2, 0.25) is 0 Å². The Kier molecular flexibility index (Phi) is 3.94. The van der Waals surface area contributed by atoms with Gasteiger partial charge in [0.05, 0.1) is 4.90 Å². The van der Waals surface area contributed by atoms with E-state index in [0.717, 1.165) is 24.1 Å². The predicted molar refractivity (Wildman–Crippen MR) is 66.1 cm³/mol. The van der Waals surface area contributed by atoms with E-state index in [2.05, 4.69) is 4.72 Å². The first kappa shape index (κ1) is 12.6. The number of hydrogen-bond donors (Lipinski definition) is 1. The summed E-state index contributed by atoms with van der Waals surface area (Å²) < 4.78 is 28.5. The molecule has 1 amide bonds. The van der Waals surface area contributed by atoms with Gasteiger partial charge < -0.3 is 0 Å². The number of hydrogen-bond acceptors (Lipinski definition) is 2. The topological polar surface area (TPSA) is 29.1 Å². The SMILES string of the molecule is O=C(NSc1ccc(F)cc1F)c1ccccc1. The first-order chi connectivity index (χ1) is 8.66. The maximum Gasteiger partial charge on any atom is 0.261 e. The third kappa shape index (κ3) is 3.07. The van der Waals surface area contributed by atoms with E-state index in [4.69, 9.17) is 0 Å². The van der Waals surface area contributed by atoms with Crippen molar-refractivity contribution in [2.45, 2.75) is 4.90 Å². The smallest absolute Gasteiger partial charge is 0.261 e. The normalized spacial score (nSPS) is 10.1. The minimum atomic E-state index is -0.701. The highest BCUT2D eigenvalue weighted by Gasteiger charge is 2.08. The molecule has 2 aromatic rings. The zero-order valence-electron chi connectivity index (χ0n) is 9.19. The molecular formula is C13H9F2NOS. The quantitative estimate of drug-likeness (QED) is 0.862. The summed E-state index contributed by atoms with van der Waals surface area (Å²) in [7, 11) is 0. The second-order valence-electron chi connectivity index (χ2n) is 3.47. The van der Waals surface area contributed by atoms with Crippen molar-refractivity contribution in [2.75, 3.05) is 0 Å². The monoisotopic (exact) mass is 265 g/mol. The van der Waals surface area contributed by atoms with Crippen molar-refractivity contribution >= 4 is 17.9 Å². The lowest BCUT2D eigenvalue weighted by Gasteiger charge is -2.05. The number of carbonyl (C=O) groups excluding carboxylic acids is 1. The minimum absolute atomic E-state index is 0.167. The summed E-state index contributed by atoms with van der Waals surface area (Å²) in [4.78, 5) is 11.8. The van der Waals surface area contributed by atoms with Crippen LogP contribution in [0.4, 0.5) is 8.78 Å². The van der Waals surface area contributed by atoms with E-state index in [1.54, 1.807) is 30.3 Å². The maximum atomic E-state index is 13.3. The molecule has 0 saturated carbocycles. The Morgan fingerprint density at radius 3 is 2.44 bits per heavy atom. The second kappa shape index (κ2) is 5.64. The molecule has 0 aliphatic heterocycles. The van der Waals surface area contributed by atoms with Crippen LogP contribution in [0.1, 0.15) is 10.4 Å². The van der Waals surface area contributed by atoms with E-state index < -0.39 is 11.6 Å². The molecule has 0 aliphatic rings. The van der Waals surface area contributed by atoms with Crippen LogP contribution in [0.15, 0.2) is 53.4 Å². The molecule has 92 valence electrons. The van der Waals surface area contributed by atoms with Crippen LogP contribution in [-0.4, -0.2) is 5.91 Å². The van der Waals surface area contributed by atoms with Gasteiger partial charge in [-0.15, -0.1) is 0 Å². The highest BCUT2D eigenvalue weighted by Crippen LogP contribution is 2.20. The number of amides is 1. The van der Waals surface area contributed by atoms with E-state index in [1.807, 2.05) is 0 Å². The molecule has 18 heavy (non-hydrogen) atoms. The van der Waals surface area contributed by atoms with Gasteiger partial charge in [0.25, 0.3) is 5.91 Å². The Morgan fingerprint density at radius 1 is 1.06 bits per heavy atom. The maximum absolute atomic E-state index is 13.3. The summed E-state index contributed by atoms with van der Waals surface area (Å²) >= 11 is 0.817. The van der Waals surface area contributed by atoms with Gasteiger partial charge >= 0.3 is 0 Å². The van der Waals surface area contributed by atoms with Gasteiger partial charge in [0.1, 0.15) is 11.6 Å². The van der Waals surface area contributed by atoms with Crippen LogP contribution in [0.3, 0.4) is 0 Å². The summed E-state index contributed by atoms with van der Waals surface area (Å²) in [6, 6.07) is 11.8. The van der Waals surface area contributed by atoms with Crippen molar-refractivity contribution in [3.05, 3.63) is 65.7 Å². The zero-order valence-corrected chi connectivity index (χ0v) is 10.0. The highest BCUT2D eigenvalue weighted by atomic mass is 32.2. The van der Waals surface area contributed by atoms with Gasteiger partial charge in [0.15, 0.2) is 0 Å². The van der Waals surface area contributed by atoms with Gasteiger partial charge in [-0.2, -0.15) is 0 Å². The molecule has 0 fully saturated rings.